The van der Waals surface area contributed by atoms with E-state index in [1.807, 2.05) is 51.1 Å². The molecule has 5 heteroatoms. The fraction of sp³-hybridized carbons (Fsp3) is 0.375. The van der Waals surface area contributed by atoms with Gasteiger partial charge in [-0.3, -0.25) is 4.79 Å². The lowest BCUT2D eigenvalue weighted by atomic mass is 10.1. The van der Waals surface area contributed by atoms with Crippen molar-refractivity contribution in [2.75, 3.05) is 11.9 Å². The molecule has 0 aliphatic rings. The summed E-state index contributed by atoms with van der Waals surface area (Å²) < 4.78 is 5.49. The highest BCUT2D eigenvalue weighted by molar-refractivity contribution is 5.78. The van der Waals surface area contributed by atoms with E-state index in [-0.39, 0.29) is 5.97 Å². The third-order valence-electron chi connectivity index (χ3n) is 2.84. The first kappa shape index (κ1) is 15.1. The molecule has 0 radical (unpaired) electrons. The molecule has 2 heterocycles. The average molecular weight is 287 g/mol. The van der Waals surface area contributed by atoms with E-state index in [9.17, 15) is 4.79 Å². The van der Waals surface area contributed by atoms with Gasteiger partial charge in [-0.2, -0.15) is 0 Å². The van der Waals surface area contributed by atoms with Crippen molar-refractivity contribution in [3.63, 3.8) is 0 Å². The summed E-state index contributed by atoms with van der Waals surface area (Å²) in [6.45, 7) is 6.01. The van der Waals surface area contributed by atoms with Crippen LogP contribution < -0.4 is 5.32 Å². The first-order chi connectivity index (χ1) is 9.96. The SMILES string of the molecule is CC(C)(C)OC(=O)C(CNc1ccccn1)c1ccc[nH]1. The first-order valence-corrected chi connectivity index (χ1v) is 6.97. The number of pyridine rings is 1. The molecule has 0 amide bonds. The van der Waals surface area contributed by atoms with Crippen molar-refractivity contribution >= 4 is 11.8 Å². The standard InChI is InChI=1S/C16H21N3O2/c1-16(2,3)21-15(20)12(13-7-6-10-17-13)11-19-14-8-4-5-9-18-14/h4-10,12,17H,11H2,1-3H3,(H,18,19). The maximum Gasteiger partial charge on any atom is 0.317 e. The van der Waals surface area contributed by atoms with E-state index in [2.05, 4.69) is 15.3 Å². The van der Waals surface area contributed by atoms with Crippen LogP contribution in [0.4, 0.5) is 5.82 Å². The molecule has 1 atom stereocenters. The minimum absolute atomic E-state index is 0.256. The van der Waals surface area contributed by atoms with E-state index in [1.165, 1.54) is 0 Å². The highest BCUT2D eigenvalue weighted by atomic mass is 16.6. The lowest BCUT2D eigenvalue weighted by Gasteiger charge is -2.24. The molecule has 112 valence electrons. The van der Waals surface area contributed by atoms with Crippen molar-refractivity contribution < 1.29 is 9.53 Å². The molecular weight excluding hydrogens is 266 g/mol. The largest absolute Gasteiger partial charge is 0.459 e. The number of anilines is 1. The van der Waals surface area contributed by atoms with Crippen molar-refractivity contribution in [2.24, 2.45) is 0 Å². The van der Waals surface area contributed by atoms with Gasteiger partial charge in [0.25, 0.3) is 0 Å². The number of esters is 1. The molecule has 2 N–H and O–H groups in total. The second-order valence-corrected chi connectivity index (χ2v) is 5.81. The number of aromatic amines is 1. The van der Waals surface area contributed by atoms with Crippen LogP contribution in [-0.2, 0) is 9.53 Å². The molecule has 2 rings (SSSR count). The molecule has 0 spiro atoms. The molecule has 0 fully saturated rings. The number of nitrogens with one attached hydrogen (secondary N) is 2. The zero-order valence-corrected chi connectivity index (χ0v) is 12.6. The normalized spacial score (nSPS) is 12.7. The molecule has 2 aromatic heterocycles. The maximum absolute atomic E-state index is 12.4. The minimum atomic E-state index is -0.507. The van der Waals surface area contributed by atoms with Crippen LogP contribution in [0.1, 0.15) is 32.4 Å². The van der Waals surface area contributed by atoms with Gasteiger partial charge in [0.2, 0.25) is 0 Å². The van der Waals surface area contributed by atoms with Gasteiger partial charge in [0.05, 0.1) is 0 Å². The summed E-state index contributed by atoms with van der Waals surface area (Å²) in [6, 6.07) is 9.36. The zero-order valence-electron chi connectivity index (χ0n) is 12.6. The fourth-order valence-electron chi connectivity index (χ4n) is 1.93. The van der Waals surface area contributed by atoms with Gasteiger partial charge in [0.15, 0.2) is 0 Å². The number of hydrogen-bond donors (Lipinski definition) is 2. The average Bonchev–Trinajstić information content (AvgIpc) is 2.92. The summed E-state index contributed by atoms with van der Waals surface area (Å²) in [5.41, 5.74) is 0.320. The van der Waals surface area contributed by atoms with Crippen molar-refractivity contribution in [3.05, 3.63) is 48.4 Å². The fourth-order valence-corrected chi connectivity index (χ4v) is 1.93. The Bertz CT molecular complexity index is 559. The van der Waals surface area contributed by atoms with Gasteiger partial charge in [0, 0.05) is 24.6 Å². The summed E-state index contributed by atoms with van der Waals surface area (Å²) in [7, 11) is 0. The van der Waals surface area contributed by atoms with Crippen LogP contribution in [0, 0.1) is 0 Å². The van der Waals surface area contributed by atoms with E-state index in [0.717, 1.165) is 11.5 Å². The number of ether oxygens (including phenoxy) is 1. The predicted molar refractivity (Wildman–Crippen MR) is 82.1 cm³/mol. The summed E-state index contributed by atoms with van der Waals surface area (Å²) in [5.74, 6) is 0.0761. The van der Waals surface area contributed by atoms with Gasteiger partial charge >= 0.3 is 5.97 Å². The maximum atomic E-state index is 12.4. The van der Waals surface area contributed by atoms with Crippen molar-refractivity contribution in [2.45, 2.75) is 32.3 Å². The number of carbonyl (C=O) groups excluding carboxylic acids is 1. The van der Waals surface area contributed by atoms with Crippen molar-refractivity contribution in [1.29, 1.82) is 0 Å². The van der Waals surface area contributed by atoms with Crippen LogP contribution in [0.5, 0.6) is 0 Å². The van der Waals surface area contributed by atoms with Crippen LogP contribution in [0.2, 0.25) is 0 Å². The lowest BCUT2D eigenvalue weighted by Crippen LogP contribution is -2.31. The number of carbonyl (C=O) groups is 1. The number of nitrogens with zero attached hydrogens (tertiary/aromatic N) is 1. The molecule has 0 saturated heterocycles. The molecule has 5 nitrogen and oxygen atoms in total. The zero-order chi connectivity index (χ0) is 15.3. The number of H-pyrrole nitrogens is 1. The van der Waals surface area contributed by atoms with Crippen molar-refractivity contribution in [1.82, 2.24) is 9.97 Å². The number of hydrogen-bond acceptors (Lipinski definition) is 4. The Morgan fingerprint density at radius 3 is 2.71 bits per heavy atom. The predicted octanol–water partition coefficient (Wildman–Crippen LogP) is 2.95. The molecule has 21 heavy (non-hydrogen) atoms. The van der Waals surface area contributed by atoms with Crippen molar-refractivity contribution in [3.8, 4) is 0 Å². The second kappa shape index (κ2) is 6.43. The van der Waals surface area contributed by atoms with Crippen LogP contribution in [-0.4, -0.2) is 28.1 Å². The van der Waals surface area contributed by atoms with E-state index < -0.39 is 11.5 Å². The van der Waals surface area contributed by atoms with E-state index >= 15 is 0 Å². The summed E-state index contributed by atoms with van der Waals surface area (Å²) in [5, 5.41) is 3.17. The van der Waals surface area contributed by atoms with Crippen LogP contribution in [0.3, 0.4) is 0 Å². The van der Waals surface area contributed by atoms with Gasteiger partial charge in [-0.15, -0.1) is 0 Å². The van der Waals surface area contributed by atoms with Gasteiger partial charge in [0.1, 0.15) is 17.3 Å². The number of aromatic nitrogens is 2. The molecule has 1 unspecified atom stereocenters. The Morgan fingerprint density at radius 1 is 1.33 bits per heavy atom. The molecule has 0 bridgehead atoms. The van der Waals surface area contributed by atoms with Crippen LogP contribution in [0.25, 0.3) is 0 Å². The molecule has 0 aliphatic carbocycles. The Balaban J connectivity index is 2.08. The van der Waals surface area contributed by atoms with Gasteiger partial charge in [-0.05, 0) is 45.0 Å². The van der Waals surface area contributed by atoms with Crippen LogP contribution in [0.15, 0.2) is 42.7 Å². The first-order valence-electron chi connectivity index (χ1n) is 6.97. The molecule has 0 saturated carbocycles. The quantitative estimate of drug-likeness (QED) is 0.830. The van der Waals surface area contributed by atoms with E-state index in [4.69, 9.17) is 4.74 Å². The highest BCUT2D eigenvalue weighted by Crippen LogP contribution is 2.20. The monoisotopic (exact) mass is 287 g/mol. The Morgan fingerprint density at radius 2 is 2.14 bits per heavy atom. The Kier molecular flexibility index (Phi) is 4.62. The third kappa shape index (κ3) is 4.63. The molecule has 2 aromatic rings. The van der Waals surface area contributed by atoms with Gasteiger partial charge in [-0.25, -0.2) is 4.98 Å². The summed E-state index contributed by atoms with van der Waals surface area (Å²) >= 11 is 0. The second-order valence-electron chi connectivity index (χ2n) is 5.81. The molecular formula is C16H21N3O2. The molecule has 0 aliphatic heterocycles. The molecule has 0 aromatic carbocycles. The van der Waals surface area contributed by atoms with Gasteiger partial charge < -0.3 is 15.0 Å². The number of rotatable bonds is 5. The van der Waals surface area contributed by atoms with E-state index in [0.29, 0.717) is 6.54 Å². The summed E-state index contributed by atoms with van der Waals surface area (Å²) in [4.78, 5) is 19.6. The van der Waals surface area contributed by atoms with E-state index in [1.54, 1.807) is 12.4 Å². The lowest BCUT2D eigenvalue weighted by molar-refractivity contribution is -0.156. The smallest absolute Gasteiger partial charge is 0.317 e. The Labute approximate surface area is 124 Å². The summed E-state index contributed by atoms with van der Waals surface area (Å²) in [6.07, 6.45) is 3.51. The van der Waals surface area contributed by atoms with Crippen LogP contribution >= 0.6 is 0 Å². The minimum Gasteiger partial charge on any atom is -0.459 e. The Hall–Kier alpha value is -2.30. The van der Waals surface area contributed by atoms with Gasteiger partial charge in [-0.1, -0.05) is 6.07 Å². The topological polar surface area (TPSA) is 67.0 Å². The third-order valence-corrected chi connectivity index (χ3v) is 2.84. The highest BCUT2D eigenvalue weighted by Gasteiger charge is 2.27.